The maximum Gasteiger partial charge on any atom is 1.00 e. The molecule has 1 saturated heterocycles. The maximum absolute atomic E-state index is 11.1. The summed E-state index contributed by atoms with van der Waals surface area (Å²) in [6.45, 7) is 1.11. The molecule has 19 heavy (non-hydrogen) atoms. The molecular formula is C12H14ClNaO4S. The second-order valence-corrected chi connectivity index (χ2v) is 5.47. The van der Waals surface area contributed by atoms with Crippen LogP contribution in [0.1, 0.15) is 19.3 Å². The fourth-order valence-corrected chi connectivity index (χ4v) is 2.60. The van der Waals surface area contributed by atoms with Crippen molar-refractivity contribution in [2.75, 3.05) is 13.2 Å². The van der Waals surface area contributed by atoms with E-state index in [4.69, 9.17) is 21.1 Å². The van der Waals surface area contributed by atoms with E-state index in [9.17, 15) is 8.76 Å². The molecule has 0 saturated carbocycles. The summed E-state index contributed by atoms with van der Waals surface area (Å²) in [6.07, 6.45) is 3.19. The van der Waals surface area contributed by atoms with Crippen LogP contribution in [0.5, 0.6) is 5.75 Å². The van der Waals surface area contributed by atoms with Crippen molar-refractivity contribution < 1.29 is 47.8 Å². The number of ether oxygens (including phenoxy) is 2. The zero-order chi connectivity index (χ0) is 13.0. The molecule has 4 nitrogen and oxygen atoms in total. The van der Waals surface area contributed by atoms with Gasteiger partial charge in [-0.25, -0.2) is 0 Å². The Bertz CT molecular complexity index is 438. The van der Waals surface area contributed by atoms with Crippen LogP contribution in [0.15, 0.2) is 23.1 Å². The predicted octanol–water partition coefficient (Wildman–Crippen LogP) is -0.470. The molecule has 1 heterocycles. The molecule has 2 rings (SSSR count). The van der Waals surface area contributed by atoms with Crippen LogP contribution >= 0.6 is 11.6 Å². The van der Waals surface area contributed by atoms with Gasteiger partial charge in [0.1, 0.15) is 12.4 Å². The molecule has 0 radical (unpaired) electrons. The van der Waals surface area contributed by atoms with Gasteiger partial charge < -0.3 is 14.0 Å². The van der Waals surface area contributed by atoms with Crippen LogP contribution in [0.3, 0.4) is 0 Å². The second-order valence-electron chi connectivity index (χ2n) is 4.13. The van der Waals surface area contributed by atoms with E-state index in [1.165, 1.54) is 6.07 Å². The van der Waals surface area contributed by atoms with Crippen molar-refractivity contribution in [1.29, 1.82) is 0 Å². The third-order valence-electron chi connectivity index (χ3n) is 2.78. The van der Waals surface area contributed by atoms with Gasteiger partial charge >= 0.3 is 29.6 Å². The van der Waals surface area contributed by atoms with Gasteiger partial charge in [0.2, 0.25) is 0 Å². The first kappa shape index (κ1) is 17.4. The Kier molecular flexibility index (Phi) is 7.91. The Balaban J connectivity index is 0.00000180. The summed E-state index contributed by atoms with van der Waals surface area (Å²) < 4.78 is 33.1. The smallest absolute Gasteiger partial charge is 0.768 e. The first-order chi connectivity index (χ1) is 8.66. The van der Waals surface area contributed by atoms with Gasteiger partial charge in [0.25, 0.3) is 0 Å². The molecule has 0 aliphatic carbocycles. The Morgan fingerprint density at radius 3 is 2.89 bits per heavy atom. The molecule has 0 amide bonds. The number of halogens is 1. The molecular weight excluding hydrogens is 299 g/mol. The number of hydrogen-bond acceptors (Lipinski definition) is 4. The van der Waals surface area contributed by atoms with Crippen molar-refractivity contribution in [3.05, 3.63) is 23.2 Å². The van der Waals surface area contributed by atoms with Crippen LogP contribution < -0.4 is 34.3 Å². The van der Waals surface area contributed by atoms with E-state index >= 15 is 0 Å². The molecule has 0 N–H and O–H groups in total. The molecule has 1 aromatic rings. The molecule has 1 fully saturated rings. The van der Waals surface area contributed by atoms with Gasteiger partial charge in [-0.1, -0.05) is 11.6 Å². The van der Waals surface area contributed by atoms with Crippen LogP contribution in [-0.2, 0) is 15.8 Å². The van der Waals surface area contributed by atoms with Gasteiger partial charge in [-0.3, -0.25) is 4.21 Å². The minimum Gasteiger partial charge on any atom is -0.768 e. The predicted molar refractivity (Wildman–Crippen MR) is 67.7 cm³/mol. The summed E-state index contributed by atoms with van der Waals surface area (Å²) in [6, 6.07) is 4.55. The van der Waals surface area contributed by atoms with Crippen molar-refractivity contribution in [3.63, 3.8) is 0 Å². The SMILES string of the molecule is O=S([O-])c1cc(Cl)ccc1OCC1CCCCO1.[Na+]. The van der Waals surface area contributed by atoms with Crippen molar-refractivity contribution in [1.82, 2.24) is 0 Å². The van der Waals surface area contributed by atoms with Gasteiger partial charge in [-0.2, -0.15) is 0 Å². The fourth-order valence-electron chi connectivity index (χ4n) is 1.85. The third kappa shape index (κ3) is 5.34. The molecule has 1 aromatic carbocycles. The van der Waals surface area contributed by atoms with Crippen molar-refractivity contribution in [2.45, 2.75) is 30.3 Å². The minimum atomic E-state index is -2.36. The molecule has 0 aromatic heterocycles. The third-order valence-corrected chi connectivity index (χ3v) is 3.70. The molecule has 1 aliphatic heterocycles. The summed E-state index contributed by atoms with van der Waals surface area (Å²) in [7, 11) is 0. The Labute approximate surface area is 142 Å². The zero-order valence-corrected chi connectivity index (χ0v) is 14.3. The minimum absolute atomic E-state index is 0. The maximum atomic E-state index is 11.1. The topological polar surface area (TPSA) is 58.6 Å². The van der Waals surface area contributed by atoms with Crippen LogP contribution in [0.25, 0.3) is 0 Å². The van der Waals surface area contributed by atoms with Gasteiger partial charge in [0, 0.05) is 11.6 Å². The van der Waals surface area contributed by atoms with Crippen LogP contribution in [0, 0.1) is 0 Å². The fraction of sp³-hybridized carbons (Fsp3) is 0.500. The zero-order valence-electron chi connectivity index (χ0n) is 10.8. The molecule has 0 spiro atoms. The quantitative estimate of drug-likeness (QED) is 0.557. The molecule has 100 valence electrons. The second kappa shape index (κ2) is 8.62. The molecule has 1 aliphatic rings. The average molecular weight is 313 g/mol. The summed E-state index contributed by atoms with van der Waals surface area (Å²) >= 11 is 3.40. The van der Waals surface area contributed by atoms with Crippen LogP contribution in [0.4, 0.5) is 0 Å². The molecule has 0 bridgehead atoms. The average Bonchev–Trinajstić information content (AvgIpc) is 2.38. The normalized spacial score (nSPS) is 20.4. The number of rotatable bonds is 4. The van der Waals surface area contributed by atoms with E-state index in [1.54, 1.807) is 12.1 Å². The van der Waals surface area contributed by atoms with Crippen LogP contribution in [0.2, 0.25) is 5.02 Å². The van der Waals surface area contributed by atoms with E-state index in [2.05, 4.69) is 0 Å². The molecule has 2 unspecified atom stereocenters. The Morgan fingerprint density at radius 1 is 1.47 bits per heavy atom. The Morgan fingerprint density at radius 2 is 2.26 bits per heavy atom. The van der Waals surface area contributed by atoms with E-state index < -0.39 is 11.1 Å². The molecule has 7 heteroatoms. The van der Waals surface area contributed by atoms with Gasteiger partial charge in [0.15, 0.2) is 0 Å². The van der Waals surface area contributed by atoms with E-state index in [-0.39, 0.29) is 40.6 Å². The number of benzene rings is 1. The monoisotopic (exact) mass is 312 g/mol. The van der Waals surface area contributed by atoms with Gasteiger partial charge in [-0.15, -0.1) is 0 Å². The Hall–Kier alpha value is 0.380. The van der Waals surface area contributed by atoms with Gasteiger partial charge in [-0.05, 0) is 48.5 Å². The molecule has 2 atom stereocenters. The van der Waals surface area contributed by atoms with E-state index in [0.717, 1.165) is 25.9 Å². The summed E-state index contributed by atoms with van der Waals surface area (Å²) in [4.78, 5) is 0.0818. The summed E-state index contributed by atoms with van der Waals surface area (Å²) in [5.74, 6) is 0.321. The van der Waals surface area contributed by atoms with Gasteiger partial charge in [0.05, 0.1) is 11.0 Å². The summed E-state index contributed by atoms with van der Waals surface area (Å²) in [5.41, 5.74) is 0. The van der Waals surface area contributed by atoms with Crippen molar-refractivity contribution >= 4 is 22.7 Å². The van der Waals surface area contributed by atoms with E-state index in [0.29, 0.717) is 17.4 Å². The van der Waals surface area contributed by atoms with E-state index in [1.807, 2.05) is 0 Å². The number of hydrogen-bond donors (Lipinski definition) is 0. The standard InChI is InChI=1S/C12H15ClO4S.Na/c13-9-4-5-11(12(7-9)18(14)15)17-8-10-3-1-2-6-16-10;/h4-5,7,10H,1-3,6,8H2,(H,14,15);/q;+1/p-1. The van der Waals surface area contributed by atoms with Crippen molar-refractivity contribution in [2.24, 2.45) is 0 Å². The summed E-state index contributed by atoms with van der Waals surface area (Å²) in [5, 5.41) is 0.371. The van der Waals surface area contributed by atoms with Crippen LogP contribution in [-0.4, -0.2) is 28.1 Å². The first-order valence-corrected chi connectivity index (χ1v) is 7.25. The van der Waals surface area contributed by atoms with Crippen molar-refractivity contribution in [3.8, 4) is 5.75 Å². The largest absolute Gasteiger partial charge is 1.00 e. The first-order valence-electron chi connectivity index (χ1n) is 5.80.